The highest BCUT2D eigenvalue weighted by Crippen LogP contribution is 2.64. The molecule has 0 aliphatic heterocycles. The minimum atomic E-state index is -0.431. The van der Waals surface area contributed by atoms with Gasteiger partial charge in [-0.2, -0.15) is 0 Å². The van der Waals surface area contributed by atoms with Gasteiger partial charge in [-0.25, -0.2) is 15.0 Å². The van der Waals surface area contributed by atoms with Crippen molar-refractivity contribution in [1.82, 2.24) is 15.0 Å². The fourth-order valence-electron chi connectivity index (χ4n) is 10.9. The van der Waals surface area contributed by atoms with E-state index in [1.54, 1.807) is 0 Å². The van der Waals surface area contributed by atoms with Crippen LogP contribution < -0.4 is 4.90 Å². The molecule has 4 nitrogen and oxygen atoms in total. The van der Waals surface area contributed by atoms with Crippen LogP contribution in [0, 0.1) is 0 Å². The number of nitrogens with zero attached hydrogens (tertiary/aromatic N) is 4. The molecule has 1 spiro atoms. The lowest BCUT2D eigenvalue weighted by Crippen LogP contribution is -2.25. The lowest BCUT2D eigenvalue weighted by atomic mass is 9.70. The second-order valence-corrected chi connectivity index (χ2v) is 17.4. The molecule has 0 N–H and O–H groups in total. The van der Waals surface area contributed by atoms with E-state index in [1.165, 1.54) is 55.6 Å². The highest BCUT2D eigenvalue weighted by Gasteiger charge is 2.52. The Morgan fingerprint density at radius 1 is 0.265 bits per heavy atom. The summed E-state index contributed by atoms with van der Waals surface area (Å²) in [6, 6.07) is 91.3. The third-order valence-corrected chi connectivity index (χ3v) is 13.7. The zero-order chi connectivity index (χ0) is 45.0. The Balaban J connectivity index is 0.987. The summed E-state index contributed by atoms with van der Waals surface area (Å²) in [7, 11) is 0. The van der Waals surface area contributed by atoms with E-state index in [1.807, 2.05) is 60.7 Å². The lowest BCUT2D eigenvalue weighted by Gasteiger charge is -2.30. The summed E-state index contributed by atoms with van der Waals surface area (Å²) in [6.07, 6.45) is 0. The highest BCUT2D eigenvalue weighted by molar-refractivity contribution is 6.03. The molecule has 10 aromatic carbocycles. The second kappa shape index (κ2) is 16.2. The number of fused-ring (bicyclic) bond motifs is 10. The van der Waals surface area contributed by atoms with E-state index in [0.717, 1.165) is 44.9 Å². The van der Waals surface area contributed by atoms with Crippen LogP contribution in [0.15, 0.2) is 255 Å². The number of rotatable bonds is 8. The van der Waals surface area contributed by atoms with Gasteiger partial charge in [0.25, 0.3) is 0 Å². The van der Waals surface area contributed by atoms with Gasteiger partial charge in [-0.3, -0.25) is 0 Å². The van der Waals surface area contributed by atoms with E-state index in [4.69, 9.17) is 15.0 Å². The van der Waals surface area contributed by atoms with Gasteiger partial charge in [0.15, 0.2) is 17.5 Å². The van der Waals surface area contributed by atoms with Crippen LogP contribution in [0.25, 0.3) is 78.7 Å². The molecular formula is C64H42N4. The monoisotopic (exact) mass is 866 g/mol. The van der Waals surface area contributed by atoms with Gasteiger partial charge in [-0.05, 0) is 91.5 Å². The molecule has 68 heavy (non-hydrogen) atoms. The summed E-state index contributed by atoms with van der Waals surface area (Å²) in [5.74, 6) is 1.86. The van der Waals surface area contributed by atoms with Crippen molar-refractivity contribution in [3.8, 4) is 78.7 Å². The Morgan fingerprint density at radius 3 is 1.25 bits per heavy atom. The van der Waals surface area contributed by atoms with E-state index < -0.39 is 5.41 Å². The van der Waals surface area contributed by atoms with E-state index in [0.29, 0.717) is 17.5 Å². The summed E-state index contributed by atoms with van der Waals surface area (Å²) in [6.45, 7) is 0. The number of para-hydroxylation sites is 2. The Kier molecular flexibility index (Phi) is 9.36. The summed E-state index contributed by atoms with van der Waals surface area (Å²) in [5.41, 5.74) is 20.6. The van der Waals surface area contributed by atoms with Gasteiger partial charge in [-0.15, -0.1) is 0 Å². The third kappa shape index (κ3) is 6.19. The van der Waals surface area contributed by atoms with Crippen molar-refractivity contribution in [2.45, 2.75) is 5.41 Å². The first-order valence-electron chi connectivity index (χ1n) is 23.2. The lowest BCUT2D eigenvalue weighted by molar-refractivity contribution is 0.794. The van der Waals surface area contributed by atoms with Crippen molar-refractivity contribution < 1.29 is 0 Å². The molecule has 0 fully saturated rings. The molecule has 4 heteroatoms. The molecule has 0 radical (unpaired) electrons. The van der Waals surface area contributed by atoms with Crippen molar-refractivity contribution in [3.63, 3.8) is 0 Å². The van der Waals surface area contributed by atoms with Gasteiger partial charge < -0.3 is 4.90 Å². The maximum atomic E-state index is 5.11. The molecule has 11 aromatic rings. The number of anilines is 3. The first-order valence-corrected chi connectivity index (χ1v) is 23.2. The molecule has 1 aromatic heterocycles. The normalized spacial score (nSPS) is 12.5. The summed E-state index contributed by atoms with van der Waals surface area (Å²) in [5, 5.41) is 0. The SMILES string of the molecule is c1ccc(-c2nc(-c3ccccc3)nc(-c3cccc(N(c4ccccc4)c4ccccc4-c4ccccc4-c4cccc5c4-c4ccccc4C54c5ccccc5-c5ccccc54)c3)n2)cc1. The standard InChI is InChI=1S/C64H42N4/c1-4-22-43(23-5-1)61-65-62(44-24-6-2-7-25-44)67-63(66-61)45-26-20-29-47(42-45)68(46-27-8-3-9-28-46)59-41-19-15-34-52(59)48-30-10-11-31-49(48)53-36-21-40-58-60(53)54-35-14-18-39-57(54)64(58)55-37-16-12-32-50(55)51-33-13-17-38-56(51)64/h1-42H. The van der Waals surface area contributed by atoms with Crippen LogP contribution in [0.3, 0.4) is 0 Å². The van der Waals surface area contributed by atoms with Gasteiger partial charge in [0, 0.05) is 33.6 Å². The molecule has 2 aliphatic carbocycles. The van der Waals surface area contributed by atoms with Crippen molar-refractivity contribution in [3.05, 3.63) is 277 Å². The van der Waals surface area contributed by atoms with Crippen molar-refractivity contribution in [2.24, 2.45) is 0 Å². The molecular weight excluding hydrogens is 825 g/mol. The third-order valence-electron chi connectivity index (χ3n) is 13.7. The zero-order valence-corrected chi connectivity index (χ0v) is 37.0. The maximum absolute atomic E-state index is 5.11. The predicted octanol–water partition coefficient (Wildman–Crippen LogP) is 16.0. The molecule has 1 heterocycles. The minimum Gasteiger partial charge on any atom is -0.310 e. The average Bonchev–Trinajstić information content (AvgIpc) is 3.90. The van der Waals surface area contributed by atoms with Gasteiger partial charge in [0.2, 0.25) is 0 Å². The Bertz CT molecular complexity index is 3590. The predicted molar refractivity (Wildman–Crippen MR) is 278 cm³/mol. The minimum absolute atomic E-state index is 0.431. The van der Waals surface area contributed by atoms with Gasteiger partial charge >= 0.3 is 0 Å². The molecule has 13 rings (SSSR count). The van der Waals surface area contributed by atoms with Crippen LogP contribution in [0.1, 0.15) is 22.3 Å². The van der Waals surface area contributed by atoms with Crippen LogP contribution >= 0.6 is 0 Å². The summed E-state index contributed by atoms with van der Waals surface area (Å²) in [4.78, 5) is 17.6. The summed E-state index contributed by atoms with van der Waals surface area (Å²) >= 11 is 0. The average molecular weight is 867 g/mol. The molecule has 0 atom stereocenters. The molecule has 0 amide bonds. The van der Waals surface area contributed by atoms with E-state index >= 15 is 0 Å². The Hall–Kier alpha value is -8.99. The zero-order valence-electron chi connectivity index (χ0n) is 37.0. The van der Waals surface area contributed by atoms with Crippen LogP contribution in [0.2, 0.25) is 0 Å². The first kappa shape index (κ1) is 39.4. The number of hydrogen-bond donors (Lipinski definition) is 0. The Labute approximate surface area is 396 Å². The van der Waals surface area contributed by atoms with Crippen LogP contribution in [0.4, 0.5) is 17.1 Å². The van der Waals surface area contributed by atoms with Gasteiger partial charge in [-0.1, -0.05) is 224 Å². The molecule has 0 bridgehead atoms. The van der Waals surface area contributed by atoms with E-state index in [-0.39, 0.29) is 0 Å². The van der Waals surface area contributed by atoms with E-state index in [2.05, 4.69) is 199 Å². The van der Waals surface area contributed by atoms with Crippen molar-refractivity contribution in [1.29, 1.82) is 0 Å². The van der Waals surface area contributed by atoms with Gasteiger partial charge in [0.1, 0.15) is 0 Å². The second-order valence-electron chi connectivity index (χ2n) is 17.4. The van der Waals surface area contributed by atoms with Crippen LogP contribution in [-0.2, 0) is 5.41 Å². The molecule has 2 aliphatic rings. The van der Waals surface area contributed by atoms with Crippen LogP contribution in [0.5, 0.6) is 0 Å². The molecule has 318 valence electrons. The number of benzene rings is 10. The Morgan fingerprint density at radius 2 is 0.647 bits per heavy atom. The summed E-state index contributed by atoms with van der Waals surface area (Å²) < 4.78 is 0. The van der Waals surface area contributed by atoms with E-state index in [9.17, 15) is 0 Å². The topological polar surface area (TPSA) is 41.9 Å². The largest absolute Gasteiger partial charge is 0.310 e. The smallest absolute Gasteiger partial charge is 0.164 e. The fraction of sp³-hybridized carbons (Fsp3) is 0.0156. The molecule has 0 saturated carbocycles. The molecule has 0 saturated heterocycles. The van der Waals surface area contributed by atoms with Gasteiger partial charge in [0.05, 0.1) is 11.1 Å². The maximum Gasteiger partial charge on any atom is 0.164 e. The fourth-order valence-corrected chi connectivity index (χ4v) is 10.9. The first-order chi connectivity index (χ1) is 33.8. The van der Waals surface area contributed by atoms with Crippen molar-refractivity contribution in [2.75, 3.05) is 4.90 Å². The van der Waals surface area contributed by atoms with Crippen LogP contribution in [-0.4, -0.2) is 15.0 Å². The quantitative estimate of drug-likeness (QED) is 0.153. The van der Waals surface area contributed by atoms with Crippen molar-refractivity contribution >= 4 is 17.1 Å². The number of hydrogen-bond acceptors (Lipinski definition) is 4. The number of aromatic nitrogens is 3. The molecule has 0 unspecified atom stereocenters. The highest BCUT2D eigenvalue weighted by atomic mass is 15.1.